The van der Waals surface area contributed by atoms with E-state index in [4.69, 9.17) is 4.42 Å². The van der Waals surface area contributed by atoms with Gasteiger partial charge < -0.3 is 14.6 Å². The lowest BCUT2D eigenvalue weighted by atomic mass is 9.91. The molecule has 24 heavy (non-hydrogen) atoms. The second-order valence-corrected chi connectivity index (χ2v) is 6.19. The van der Waals surface area contributed by atoms with Gasteiger partial charge >= 0.3 is 6.03 Å². The van der Waals surface area contributed by atoms with E-state index in [9.17, 15) is 13.6 Å². The third-order valence-corrected chi connectivity index (χ3v) is 4.27. The third-order valence-electron chi connectivity index (χ3n) is 4.27. The number of carbonyl (C=O) groups is 1. The second-order valence-electron chi connectivity index (χ2n) is 6.19. The Hall–Kier alpha value is -2.44. The molecule has 5 nitrogen and oxygen atoms in total. The highest BCUT2D eigenvalue weighted by Gasteiger charge is 2.33. The van der Waals surface area contributed by atoms with Crippen LogP contribution in [0.1, 0.15) is 37.3 Å². The Morgan fingerprint density at radius 2 is 2.12 bits per heavy atom. The van der Waals surface area contributed by atoms with Gasteiger partial charge in [0.15, 0.2) is 0 Å². The van der Waals surface area contributed by atoms with Crippen LogP contribution in [0.5, 0.6) is 0 Å². The first-order valence-corrected chi connectivity index (χ1v) is 7.90. The number of aryl methyl sites for hydroxylation is 1. The Morgan fingerprint density at radius 1 is 1.33 bits per heavy atom. The van der Waals surface area contributed by atoms with Gasteiger partial charge in [-0.15, -0.1) is 0 Å². The van der Waals surface area contributed by atoms with Crippen molar-refractivity contribution in [3.8, 4) is 0 Å². The number of hydrogen-bond donors (Lipinski definition) is 1. The number of nitrogens with one attached hydrogen (secondary N) is 1. The molecule has 0 aliphatic carbocycles. The van der Waals surface area contributed by atoms with Crippen LogP contribution in [0, 0.1) is 24.7 Å². The summed E-state index contributed by atoms with van der Waals surface area (Å²) < 4.78 is 32.2. The molecule has 0 aromatic carbocycles. The first-order chi connectivity index (χ1) is 11.4. The predicted molar refractivity (Wildman–Crippen MR) is 84.5 cm³/mol. The number of rotatable bonds is 2. The molecule has 128 valence electrons. The van der Waals surface area contributed by atoms with Gasteiger partial charge in [-0.3, -0.25) is 0 Å². The minimum absolute atomic E-state index is 0.144. The van der Waals surface area contributed by atoms with Crippen molar-refractivity contribution in [3.05, 3.63) is 47.7 Å². The summed E-state index contributed by atoms with van der Waals surface area (Å²) in [5, 5.41) is 2.47. The smallest absolute Gasteiger partial charge is 0.322 e. The number of furan rings is 1. The number of piperidine rings is 1. The molecule has 1 saturated heterocycles. The Balaban J connectivity index is 1.80. The van der Waals surface area contributed by atoms with Gasteiger partial charge in [0.05, 0.1) is 11.7 Å². The fourth-order valence-corrected chi connectivity index (χ4v) is 2.98. The zero-order valence-corrected chi connectivity index (χ0v) is 13.6. The molecule has 7 heteroatoms. The molecule has 2 atom stereocenters. The highest BCUT2D eigenvalue weighted by molar-refractivity contribution is 5.89. The van der Waals surface area contributed by atoms with Crippen LogP contribution in [0.25, 0.3) is 0 Å². The number of amides is 2. The van der Waals surface area contributed by atoms with Gasteiger partial charge in [0.1, 0.15) is 11.5 Å². The van der Waals surface area contributed by atoms with Crippen molar-refractivity contribution < 1.29 is 18.0 Å². The summed E-state index contributed by atoms with van der Waals surface area (Å²) in [6.45, 7) is 4.51. The Labute approximate surface area is 138 Å². The largest absolute Gasteiger partial charge is 0.464 e. The summed E-state index contributed by atoms with van der Waals surface area (Å²) in [6.07, 6.45) is 1.62. The summed E-state index contributed by atoms with van der Waals surface area (Å²) in [5.74, 6) is -0.0294. The summed E-state index contributed by atoms with van der Waals surface area (Å²) in [5.41, 5.74) is -0.144. The third kappa shape index (κ3) is 3.39. The van der Waals surface area contributed by atoms with Crippen molar-refractivity contribution in [1.82, 2.24) is 9.88 Å². The van der Waals surface area contributed by atoms with Gasteiger partial charge in [-0.2, -0.15) is 13.8 Å². The van der Waals surface area contributed by atoms with Crippen molar-refractivity contribution in [3.63, 3.8) is 0 Å². The SMILES string of the molecule is Cc1ccc([C@H]2C[C@@H](C)CCN2C(=O)Nc2ccc(F)nc2F)o1. The van der Waals surface area contributed by atoms with E-state index in [2.05, 4.69) is 17.2 Å². The van der Waals surface area contributed by atoms with Gasteiger partial charge in [0.25, 0.3) is 0 Å². The molecule has 0 unspecified atom stereocenters. The van der Waals surface area contributed by atoms with E-state index in [0.717, 1.165) is 30.7 Å². The van der Waals surface area contributed by atoms with Crippen LogP contribution >= 0.6 is 0 Å². The molecule has 1 N–H and O–H groups in total. The van der Waals surface area contributed by atoms with Crippen LogP contribution in [0.4, 0.5) is 19.3 Å². The molecular weight excluding hydrogens is 316 g/mol. The van der Waals surface area contributed by atoms with E-state index >= 15 is 0 Å². The molecule has 1 aliphatic rings. The highest BCUT2D eigenvalue weighted by Crippen LogP contribution is 2.35. The Kier molecular flexibility index (Phi) is 4.51. The van der Waals surface area contributed by atoms with Gasteiger partial charge in [-0.25, -0.2) is 4.79 Å². The molecule has 2 aromatic rings. The van der Waals surface area contributed by atoms with Crippen molar-refractivity contribution >= 4 is 11.7 Å². The van der Waals surface area contributed by atoms with E-state index in [-0.39, 0.29) is 11.7 Å². The van der Waals surface area contributed by atoms with E-state index in [1.807, 2.05) is 19.1 Å². The van der Waals surface area contributed by atoms with Gasteiger partial charge in [-0.1, -0.05) is 6.92 Å². The monoisotopic (exact) mass is 335 g/mol. The molecule has 2 aromatic heterocycles. The summed E-state index contributed by atoms with van der Waals surface area (Å²) in [4.78, 5) is 17.3. The fourth-order valence-electron chi connectivity index (χ4n) is 2.98. The zero-order chi connectivity index (χ0) is 17.3. The lowest BCUT2D eigenvalue weighted by molar-refractivity contribution is 0.128. The maximum atomic E-state index is 13.7. The van der Waals surface area contributed by atoms with Crippen molar-refractivity contribution in [2.24, 2.45) is 5.92 Å². The normalized spacial score (nSPS) is 20.9. The van der Waals surface area contributed by atoms with Crippen LogP contribution in [-0.2, 0) is 0 Å². The van der Waals surface area contributed by atoms with Crippen LogP contribution in [0.15, 0.2) is 28.7 Å². The Morgan fingerprint density at radius 3 is 2.79 bits per heavy atom. The lowest BCUT2D eigenvalue weighted by Gasteiger charge is -2.37. The van der Waals surface area contributed by atoms with E-state index in [1.54, 1.807) is 4.90 Å². The number of hydrogen-bond acceptors (Lipinski definition) is 3. The molecule has 3 rings (SSSR count). The zero-order valence-electron chi connectivity index (χ0n) is 13.6. The average Bonchev–Trinajstić information content (AvgIpc) is 2.96. The second kappa shape index (κ2) is 6.59. The van der Waals surface area contributed by atoms with Crippen molar-refractivity contribution in [2.45, 2.75) is 32.7 Å². The molecule has 1 fully saturated rings. The number of urea groups is 1. The molecular formula is C17H19F2N3O2. The molecule has 3 heterocycles. The summed E-state index contributed by atoms with van der Waals surface area (Å²) in [6, 6.07) is 5.22. The molecule has 0 radical (unpaired) electrons. The first-order valence-electron chi connectivity index (χ1n) is 7.90. The lowest BCUT2D eigenvalue weighted by Crippen LogP contribution is -2.43. The number of pyridine rings is 1. The molecule has 0 saturated carbocycles. The van der Waals surface area contributed by atoms with E-state index < -0.39 is 17.9 Å². The predicted octanol–water partition coefficient (Wildman–Crippen LogP) is 4.27. The number of anilines is 1. The van der Waals surface area contributed by atoms with Crippen molar-refractivity contribution in [1.29, 1.82) is 0 Å². The van der Waals surface area contributed by atoms with Crippen LogP contribution in [0.2, 0.25) is 0 Å². The number of halogens is 2. The maximum absolute atomic E-state index is 13.7. The van der Waals surface area contributed by atoms with Gasteiger partial charge in [0.2, 0.25) is 11.9 Å². The van der Waals surface area contributed by atoms with E-state index in [1.165, 1.54) is 0 Å². The van der Waals surface area contributed by atoms with Crippen LogP contribution < -0.4 is 5.32 Å². The highest BCUT2D eigenvalue weighted by atomic mass is 19.1. The first kappa shape index (κ1) is 16.4. The average molecular weight is 335 g/mol. The number of nitrogens with zero attached hydrogens (tertiary/aromatic N) is 2. The molecule has 1 aliphatic heterocycles. The standard InChI is InChI=1S/C17H19F2N3O2/c1-10-7-8-22(13(9-10)14-5-3-11(2)24-14)17(23)20-12-4-6-15(18)21-16(12)19/h3-6,10,13H,7-9H2,1-2H3,(H,20,23)/t10-,13+/m0/s1. The van der Waals surface area contributed by atoms with Crippen molar-refractivity contribution in [2.75, 3.05) is 11.9 Å². The minimum Gasteiger partial charge on any atom is -0.464 e. The van der Waals surface area contributed by atoms with Gasteiger partial charge in [-0.05, 0) is 49.9 Å². The number of carbonyl (C=O) groups excluding carboxylic acids is 1. The topological polar surface area (TPSA) is 58.4 Å². The number of aromatic nitrogens is 1. The quantitative estimate of drug-likeness (QED) is 0.834. The fraction of sp³-hybridized carbons (Fsp3) is 0.412. The summed E-state index contributed by atoms with van der Waals surface area (Å²) in [7, 11) is 0. The summed E-state index contributed by atoms with van der Waals surface area (Å²) >= 11 is 0. The number of likely N-dealkylation sites (tertiary alicyclic amines) is 1. The minimum atomic E-state index is -1.04. The van der Waals surface area contributed by atoms with Gasteiger partial charge in [0, 0.05) is 6.54 Å². The molecule has 0 bridgehead atoms. The maximum Gasteiger partial charge on any atom is 0.322 e. The Bertz CT molecular complexity index is 747. The van der Waals surface area contributed by atoms with Crippen LogP contribution in [0.3, 0.4) is 0 Å². The molecule has 2 amide bonds. The van der Waals surface area contributed by atoms with E-state index in [0.29, 0.717) is 18.2 Å². The molecule has 0 spiro atoms. The van der Waals surface area contributed by atoms with Crippen LogP contribution in [-0.4, -0.2) is 22.5 Å².